The SMILES string of the molecule is COCC(=O)NCCNc1cc(-n2cccn2)nc(C)n1. The van der Waals surface area contributed by atoms with Gasteiger partial charge < -0.3 is 15.4 Å². The number of ether oxygens (including phenoxy) is 1. The van der Waals surface area contributed by atoms with E-state index in [1.54, 1.807) is 16.9 Å². The Morgan fingerprint density at radius 1 is 1.38 bits per heavy atom. The van der Waals surface area contributed by atoms with Crippen LogP contribution >= 0.6 is 0 Å². The Morgan fingerprint density at radius 3 is 2.95 bits per heavy atom. The van der Waals surface area contributed by atoms with Crippen LogP contribution in [-0.4, -0.2) is 52.5 Å². The van der Waals surface area contributed by atoms with Crippen molar-refractivity contribution in [1.82, 2.24) is 25.1 Å². The molecule has 0 saturated heterocycles. The number of methoxy groups -OCH3 is 1. The van der Waals surface area contributed by atoms with Crippen LogP contribution < -0.4 is 10.6 Å². The fourth-order valence-electron chi connectivity index (χ4n) is 1.74. The Morgan fingerprint density at radius 2 is 2.24 bits per heavy atom. The molecule has 0 aromatic carbocycles. The highest BCUT2D eigenvalue weighted by Gasteiger charge is 2.04. The number of nitrogens with one attached hydrogen (secondary N) is 2. The highest BCUT2D eigenvalue weighted by molar-refractivity contribution is 5.77. The van der Waals surface area contributed by atoms with E-state index in [4.69, 9.17) is 4.74 Å². The molecule has 21 heavy (non-hydrogen) atoms. The summed E-state index contributed by atoms with van der Waals surface area (Å²) in [6.45, 7) is 2.93. The van der Waals surface area contributed by atoms with E-state index in [9.17, 15) is 4.79 Å². The van der Waals surface area contributed by atoms with E-state index in [0.717, 1.165) is 0 Å². The summed E-state index contributed by atoms with van der Waals surface area (Å²) in [6, 6.07) is 3.63. The molecule has 0 fully saturated rings. The molecular weight excluding hydrogens is 272 g/mol. The van der Waals surface area contributed by atoms with Crippen molar-refractivity contribution in [3.63, 3.8) is 0 Å². The molecule has 8 heteroatoms. The molecule has 0 unspecified atom stereocenters. The van der Waals surface area contributed by atoms with Crippen LogP contribution in [0.5, 0.6) is 0 Å². The van der Waals surface area contributed by atoms with Gasteiger partial charge in [-0.25, -0.2) is 14.6 Å². The first kappa shape index (κ1) is 14.9. The van der Waals surface area contributed by atoms with Gasteiger partial charge in [-0.1, -0.05) is 0 Å². The minimum absolute atomic E-state index is 0.0655. The molecule has 2 aromatic rings. The molecule has 8 nitrogen and oxygen atoms in total. The van der Waals surface area contributed by atoms with Crippen LogP contribution in [0, 0.1) is 6.92 Å². The zero-order chi connectivity index (χ0) is 15.1. The lowest BCUT2D eigenvalue weighted by molar-refractivity contribution is -0.124. The van der Waals surface area contributed by atoms with Gasteiger partial charge in [0.2, 0.25) is 5.91 Å². The lowest BCUT2D eigenvalue weighted by Gasteiger charge is -2.09. The summed E-state index contributed by atoms with van der Waals surface area (Å²) in [4.78, 5) is 19.8. The number of amides is 1. The fraction of sp³-hybridized carbons (Fsp3) is 0.385. The molecule has 2 aromatic heterocycles. The van der Waals surface area contributed by atoms with Crippen LogP contribution in [0.3, 0.4) is 0 Å². The van der Waals surface area contributed by atoms with Crippen LogP contribution in [-0.2, 0) is 9.53 Å². The predicted octanol–water partition coefficient (Wildman–Crippen LogP) is 0.145. The van der Waals surface area contributed by atoms with Crippen molar-refractivity contribution in [3.05, 3.63) is 30.4 Å². The summed E-state index contributed by atoms with van der Waals surface area (Å²) in [5.74, 6) is 1.89. The minimum Gasteiger partial charge on any atom is -0.375 e. The molecule has 0 aliphatic carbocycles. The van der Waals surface area contributed by atoms with E-state index in [2.05, 4.69) is 25.7 Å². The van der Waals surface area contributed by atoms with Crippen molar-refractivity contribution in [2.75, 3.05) is 32.1 Å². The molecule has 2 heterocycles. The van der Waals surface area contributed by atoms with Crippen molar-refractivity contribution >= 4 is 11.7 Å². The maximum atomic E-state index is 11.2. The average Bonchev–Trinajstić information content (AvgIpc) is 2.97. The number of rotatable bonds is 7. The first-order valence-electron chi connectivity index (χ1n) is 6.54. The van der Waals surface area contributed by atoms with Gasteiger partial charge in [-0.15, -0.1) is 0 Å². The second kappa shape index (κ2) is 7.34. The lowest BCUT2D eigenvalue weighted by atomic mass is 10.4. The molecule has 0 atom stereocenters. The Hall–Kier alpha value is -2.48. The summed E-state index contributed by atoms with van der Waals surface area (Å²) in [6.07, 6.45) is 3.51. The van der Waals surface area contributed by atoms with Gasteiger partial charge in [0.05, 0.1) is 0 Å². The average molecular weight is 290 g/mol. The fourth-order valence-corrected chi connectivity index (χ4v) is 1.74. The number of carbonyl (C=O) groups is 1. The molecule has 0 aliphatic rings. The standard InChI is InChI=1S/C13H18N6O2/c1-10-17-11(14-5-6-15-13(20)9-21-2)8-12(18-10)19-7-3-4-16-19/h3-4,7-8H,5-6,9H2,1-2H3,(H,15,20)(H,14,17,18). The maximum Gasteiger partial charge on any atom is 0.246 e. The van der Waals surface area contributed by atoms with Gasteiger partial charge in [0.25, 0.3) is 0 Å². The normalized spacial score (nSPS) is 10.4. The predicted molar refractivity (Wildman–Crippen MR) is 77.3 cm³/mol. The summed E-state index contributed by atoms with van der Waals surface area (Å²) >= 11 is 0. The van der Waals surface area contributed by atoms with E-state index in [1.165, 1.54) is 7.11 Å². The second-order valence-corrected chi connectivity index (χ2v) is 4.32. The number of hydrogen-bond donors (Lipinski definition) is 2. The van der Waals surface area contributed by atoms with Gasteiger partial charge >= 0.3 is 0 Å². The molecule has 112 valence electrons. The Kier molecular flexibility index (Phi) is 5.22. The zero-order valence-electron chi connectivity index (χ0n) is 12.0. The van der Waals surface area contributed by atoms with Gasteiger partial charge in [0.1, 0.15) is 18.2 Å². The number of carbonyl (C=O) groups excluding carboxylic acids is 1. The largest absolute Gasteiger partial charge is 0.375 e. The maximum absolute atomic E-state index is 11.2. The molecule has 1 amide bonds. The van der Waals surface area contributed by atoms with Crippen LogP contribution in [0.25, 0.3) is 5.82 Å². The zero-order valence-corrected chi connectivity index (χ0v) is 12.0. The van der Waals surface area contributed by atoms with E-state index < -0.39 is 0 Å². The molecule has 2 rings (SSSR count). The highest BCUT2D eigenvalue weighted by atomic mass is 16.5. The molecule has 0 aliphatic heterocycles. The molecule has 0 radical (unpaired) electrons. The molecule has 0 saturated carbocycles. The summed E-state index contributed by atoms with van der Waals surface area (Å²) in [5, 5.41) is 10.00. The second-order valence-electron chi connectivity index (χ2n) is 4.32. The van der Waals surface area contributed by atoms with Crippen molar-refractivity contribution < 1.29 is 9.53 Å². The number of nitrogens with zero attached hydrogens (tertiary/aromatic N) is 4. The van der Waals surface area contributed by atoms with Crippen molar-refractivity contribution in [1.29, 1.82) is 0 Å². The van der Waals surface area contributed by atoms with E-state index in [0.29, 0.717) is 30.5 Å². The topological polar surface area (TPSA) is 94.0 Å². The molecule has 0 spiro atoms. The smallest absolute Gasteiger partial charge is 0.246 e. The van der Waals surface area contributed by atoms with Crippen molar-refractivity contribution in [3.8, 4) is 5.82 Å². The van der Waals surface area contributed by atoms with Gasteiger partial charge in [0, 0.05) is 38.7 Å². The third-order valence-electron chi connectivity index (χ3n) is 2.59. The van der Waals surface area contributed by atoms with Crippen LogP contribution in [0.15, 0.2) is 24.5 Å². The third kappa shape index (κ3) is 4.53. The Balaban J connectivity index is 1.90. The summed E-state index contributed by atoms with van der Waals surface area (Å²) in [5.41, 5.74) is 0. The van der Waals surface area contributed by atoms with Gasteiger partial charge in [-0.05, 0) is 13.0 Å². The van der Waals surface area contributed by atoms with Crippen LogP contribution in [0.1, 0.15) is 5.82 Å². The number of aryl methyl sites for hydroxylation is 1. The lowest BCUT2D eigenvalue weighted by Crippen LogP contribution is -2.31. The summed E-state index contributed by atoms with van der Waals surface area (Å²) < 4.78 is 6.40. The van der Waals surface area contributed by atoms with Gasteiger partial charge in [-0.2, -0.15) is 5.10 Å². The highest BCUT2D eigenvalue weighted by Crippen LogP contribution is 2.09. The first-order chi connectivity index (χ1) is 10.2. The summed E-state index contributed by atoms with van der Waals surface area (Å²) in [7, 11) is 1.48. The molecule has 0 bridgehead atoms. The molecule has 2 N–H and O–H groups in total. The van der Waals surface area contributed by atoms with Crippen molar-refractivity contribution in [2.24, 2.45) is 0 Å². The number of aromatic nitrogens is 4. The van der Waals surface area contributed by atoms with Gasteiger partial charge in [0.15, 0.2) is 5.82 Å². The quantitative estimate of drug-likeness (QED) is 0.705. The molecular formula is C13H18N6O2. The van der Waals surface area contributed by atoms with E-state index >= 15 is 0 Å². The third-order valence-corrected chi connectivity index (χ3v) is 2.59. The van der Waals surface area contributed by atoms with E-state index in [-0.39, 0.29) is 12.5 Å². The van der Waals surface area contributed by atoms with Crippen LogP contribution in [0.2, 0.25) is 0 Å². The number of anilines is 1. The van der Waals surface area contributed by atoms with Crippen LogP contribution in [0.4, 0.5) is 5.82 Å². The Labute approximate surface area is 122 Å². The monoisotopic (exact) mass is 290 g/mol. The minimum atomic E-state index is -0.143. The van der Waals surface area contributed by atoms with Crippen molar-refractivity contribution in [2.45, 2.75) is 6.92 Å². The number of hydrogen-bond acceptors (Lipinski definition) is 6. The first-order valence-corrected chi connectivity index (χ1v) is 6.54. The van der Waals surface area contributed by atoms with Gasteiger partial charge in [-0.3, -0.25) is 4.79 Å². The van der Waals surface area contributed by atoms with E-state index in [1.807, 2.05) is 19.2 Å². The Bertz CT molecular complexity index is 584.